The number of aromatic hydroxyl groups is 1. The van der Waals surface area contributed by atoms with E-state index in [0.29, 0.717) is 10.7 Å². The third-order valence-corrected chi connectivity index (χ3v) is 3.12. The number of benzene rings is 2. The molecule has 0 aliphatic rings. The minimum absolute atomic E-state index is 0.0464. The molecule has 0 bridgehead atoms. The first-order chi connectivity index (χ1) is 10.5. The third-order valence-electron chi connectivity index (χ3n) is 2.87. The molecule has 0 aliphatic heterocycles. The molecule has 2 rings (SSSR count). The first kappa shape index (κ1) is 15.9. The number of rotatable bonds is 4. The van der Waals surface area contributed by atoms with Crippen LogP contribution in [0.5, 0.6) is 5.75 Å². The molecule has 5 nitrogen and oxygen atoms in total. The third kappa shape index (κ3) is 4.23. The van der Waals surface area contributed by atoms with Crippen molar-refractivity contribution in [2.75, 3.05) is 5.32 Å². The minimum Gasteiger partial charge on any atom is -0.508 e. The summed E-state index contributed by atoms with van der Waals surface area (Å²) in [5.74, 6) is -1.04. The average molecular weight is 320 g/mol. The Labute approximate surface area is 132 Å². The van der Waals surface area contributed by atoms with Crippen LogP contribution in [0.3, 0.4) is 0 Å². The molecule has 2 aromatic rings. The number of carbonyl (C=O) groups excluding carboxylic acids is 2. The number of carbonyl (C=O) groups is 2. The Morgan fingerprint density at radius 1 is 1.09 bits per heavy atom. The van der Waals surface area contributed by atoms with Gasteiger partial charge in [-0.2, -0.15) is 0 Å². The number of halogens is 1. The van der Waals surface area contributed by atoms with Crippen LogP contribution < -0.4 is 5.32 Å². The van der Waals surface area contributed by atoms with Crippen LogP contribution in [-0.2, 0) is 9.53 Å². The summed E-state index contributed by atoms with van der Waals surface area (Å²) in [7, 11) is 0. The Hall–Kier alpha value is -2.53. The van der Waals surface area contributed by atoms with Crippen LogP contribution >= 0.6 is 11.6 Å². The molecule has 1 amide bonds. The van der Waals surface area contributed by atoms with Gasteiger partial charge in [0.1, 0.15) is 5.75 Å². The maximum absolute atomic E-state index is 12.0. The maximum Gasteiger partial charge on any atom is 0.338 e. The average Bonchev–Trinajstić information content (AvgIpc) is 2.50. The molecule has 0 unspecified atom stereocenters. The van der Waals surface area contributed by atoms with Crippen LogP contribution in [0.4, 0.5) is 5.69 Å². The van der Waals surface area contributed by atoms with Crippen molar-refractivity contribution >= 4 is 29.2 Å². The van der Waals surface area contributed by atoms with Gasteiger partial charge in [-0.1, -0.05) is 11.6 Å². The quantitative estimate of drug-likeness (QED) is 0.848. The van der Waals surface area contributed by atoms with Gasteiger partial charge in [-0.15, -0.1) is 0 Å². The van der Waals surface area contributed by atoms with Crippen LogP contribution in [-0.4, -0.2) is 23.1 Å². The lowest BCUT2D eigenvalue weighted by atomic mass is 10.2. The van der Waals surface area contributed by atoms with Gasteiger partial charge in [-0.05, 0) is 55.5 Å². The first-order valence-electron chi connectivity index (χ1n) is 6.52. The van der Waals surface area contributed by atoms with Gasteiger partial charge in [-0.25, -0.2) is 4.79 Å². The number of anilines is 1. The molecule has 0 aromatic heterocycles. The summed E-state index contributed by atoms with van der Waals surface area (Å²) in [6, 6.07) is 12.2. The summed E-state index contributed by atoms with van der Waals surface area (Å²) >= 11 is 5.76. The molecule has 0 spiro atoms. The van der Waals surface area contributed by atoms with E-state index in [9.17, 15) is 9.59 Å². The Balaban J connectivity index is 1.94. The summed E-state index contributed by atoms with van der Waals surface area (Å²) in [4.78, 5) is 23.8. The standard InChI is InChI=1S/C16H14ClNO4/c1-10(15(20)18-13-6-4-12(17)5-7-13)22-16(21)11-2-8-14(19)9-3-11/h2-10,19H,1H3,(H,18,20)/t10-/m1/s1. The van der Waals surface area contributed by atoms with E-state index in [1.165, 1.54) is 31.2 Å². The highest BCUT2D eigenvalue weighted by molar-refractivity contribution is 6.30. The second-order valence-electron chi connectivity index (χ2n) is 4.59. The molecule has 0 radical (unpaired) electrons. The van der Waals surface area contributed by atoms with E-state index in [1.54, 1.807) is 24.3 Å². The number of nitrogens with one attached hydrogen (secondary N) is 1. The first-order valence-corrected chi connectivity index (χ1v) is 6.90. The second-order valence-corrected chi connectivity index (χ2v) is 5.03. The molecule has 0 heterocycles. The largest absolute Gasteiger partial charge is 0.508 e. The predicted octanol–water partition coefficient (Wildman–Crippen LogP) is 3.23. The summed E-state index contributed by atoms with van der Waals surface area (Å²) in [6.07, 6.45) is -0.961. The van der Waals surface area contributed by atoms with E-state index < -0.39 is 18.0 Å². The number of phenols is 1. The van der Waals surface area contributed by atoms with Crippen molar-refractivity contribution in [3.05, 3.63) is 59.1 Å². The monoisotopic (exact) mass is 319 g/mol. The van der Waals surface area contributed by atoms with Gasteiger partial charge in [0, 0.05) is 10.7 Å². The van der Waals surface area contributed by atoms with E-state index in [4.69, 9.17) is 21.4 Å². The van der Waals surface area contributed by atoms with Crippen molar-refractivity contribution < 1.29 is 19.4 Å². The summed E-state index contributed by atoms with van der Waals surface area (Å²) < 4.78 is 5.08. The number of amides is 1. The molecule has 0 aliphatic carbocycles. The predicted molar refractivity (Wildman–Crippen MR) is 83.1 cm³/mol. The summed E-state index contributed by atoms with van der Waals surface area (Å²) in [6.45, 7) is 1.48. The molecule has 2 aromatic carbocycles. The smallest absolute Gasteiger partial charge is 0.338 e. The van der Waals surface area contributed by atoms with Gasteiger partial charge in [-0.3, -0.25) is 4.79 Å². The van der Waals surface area contributed by atoms with Gasteiger partial charge in [0.2, 0.25) is 0 Å². The topological polar surface area (TPSA) is 75.6 Å². The van der Waals surface area contributed by atoms with Gasteiger partial charge in [0.25, 0.3) is 5.91 Å². The molecule has 22 heavy (non-hydrogen) atoms. The molecule has 0 saturated carbocycles. The van der Waals surface area contributed by atoms with Crippen LogP contribution in [0.15, 0.2) is 48.5 Å². The molecule has 2 N–H and O–H groups in total. The minimum atomic E-state index is -0.961. The SMILES string of the molecule is C[C@@H](OC(=O)c1ccc(O)cc1)C(=O)Nc1ccc(Cl)cc1. The highest BCUT2D eigenvalue weighted by atomic mass is 35.5. The second kappa shape index (κ2) is 6.95. The van der Waals surface area contributed by atoms with Gasteiger partial charge < -0.3 is 15.2 Å². The normalized spacial score (nSPS) is 11.5. The molecule has 1 atom stereocenters. The lowest BCUT2D eigenvalue weighted by Crippen LogP contribution is -2.29. The summed E-state index contributed by atoms with van der Waals surface area (Å²) in [5.41, 5.74) is 0.811. The molecule has 0 saturated heterocycles. The Bertz CT molecular complexity index is 668. The summed E-state index contributed by atoms with van der Waals surface area (Å²) in [5, 5.41) is 12.3. The zero-order valence-corrected chi connectivity index (χ0v) is 12.5. The van der Waals surface area contributed by atoms with Crippen molar-refractivity contribution in [3.63, 3.8) is 0 Å². The highest BCUT2D eigenvalue weighted by Gasteiger charge is 2.19. The van der Waals surface area contributed by atoms with Gasteiger partial charge in [0.05, 0.1) is 5.56 Å². The number of phenolic OH excluding ortho intramolecular Hbond substituents is 1. The fraction of sp³-hybridized carbons (Fsp3) is 0.125. The number of ether oxygens (including phenoxy) is 1. The van der Waals surface area contributed by atoms with Gasteiger partial charge >= 0.3 is 5.97 Å². The molecule has 0 fully saturated rings. The Morgan fingerprint density at radius 2 is 1.68 bits per heavy atom. The lowest BCUT2D eigenvalue weighted by Gasteiger charge is -2.13. The number of hydrogen-bond acceptors (Lipinski definition) is 4. The molecule has 6 heteroatoms. The van der Waals surface area contributed by atoms with E-state index in [1.807, 2.05) is 0 Å². The van der Waals surface area contributed by atoms with E-state index in [-0.39, 0.29) is 11.3 Å². The number of esters is 1. The van der Waals surface area contributed by atoms with Crippen LogP contribution in [0.25, 0.3) is 0 Å². The molecular weight excluding hydrogens is 306 g/mol. The molecule has 114 valence electrons. The van der Waals surface area contributed by atoms with E-state index in [2.05, 4.69) is 5.32 Å². The van der Waals surface area contributed by atoms with Crippen LogP contribution in [0, 0.1) is 0 Å². The van der Waals surface area contributed by atoms with Crippen molar-refractivity contribution in [2.45, 2.75) is 13.0 Å². The fourth-order valence-corrected chi connectivity index (χ4v) is 1.78. The van der Waals surface area contributed by atoms with Crippen molar-refractivity contribution in [1.82, 2.24) is 0 Å². The maximum atomic E-state index is 12.0. The lowest BCUT2D eigenvalue weighted by molar-refractivity contribution is -0.123. The molecular formula is C16H14ClNO4. The number of hydrogen-bond donors (Lipinski definition) is 2. The van der Waals surface area contributed by atoms with Gasteiger partial charge in [0.15, 0.2) is 6.10 Å². The van der Waals surface area contributed by atoms with E-state index >= 15 is 0 Å². The fourth-order valence-electron chi connectivity index (χ4n) is 1.66. The Kier molecular flexibility index (Phi) is 5.01. The van der Waals surface area contributed by atoms with E-state index in [0.717, 1.165) is 0 Å². The van der Waals surface area contributed by atoms with Crippen molar-refractivity contribution in [3.8, 4) is 5.75 Å². The Morgan fingerprint density at radius 3 is 2.27 bits per heavy atom. The van der Waals surface area contributed by atoms with Crippen molar-refractivity contribution in [2.24, 2.45) is 0 Å². The van der Waals surface area contributed by atoms with Crippen LogP contribution in [0.1, 0.15) is 17.3 Å². The highest BCUT2D eigenvalue weighted by Crippen LogP contribution is 2.15. The van der Waals surface area contributed by atoms with Crippen LogP contribution in [0.2, 0.25) is 5.02 Å². The zero-order chi connectivity index (χ0) is 16.1. The zero-order valence-electron chi connectivity index (χ0n) is 11.7. The van der Waals surface area contributed by atoms with Crippen molar-refractivity contribution in [1.29, 1.82) is 0 Å².